The maximum atomic E-state index is 12.2. The molecule has 9 heteroatoms. The summed E-state index contributed by atoms with van der Waals surface area (Å²) in [5.74, 6) is -0.320. The van der Waals surface area contributed by atoms with Crippen molar-refractivity contribution in [3.63, 3.8) is 0 Å². The van der Waals surface area contributed by atoms with Crippen LogP contribution in [0.4, 0.5) is 13.2 Å². The van der Waals surface area contributed by atoms with E-state index in [-0.39, 0.29) is 42.5 Å². The Labute approximate surface area is 138 Å². The Morgan fingerprint density at radius 2 is 1.78 bits per heavy atom. The second kappa shape index (κ2) is 9.46. The van der Waals surface area contributed by atoms with E-state index < -0.39 is 12.8 Å². The number of hydrogen-bond acceptors (Lipinski definition) is 4. The van der Waals surface area contributed by atoms with E-state index in [0.29, 0.717) is 6.54 Å². The van der Waals surface area contributed by atoms with Crippen molar-refractivity contribution in [1.29, 1.82) is 0 Å². The minimum absolute atomic E-state index is 0. The van der Waals surface area contributed by atoms with Crippen molar-refractivity contribution in [2.75, 3.05) is 26.8 Å². The quantitative estimate of drug-likeness (QED) is 0.813. The molecule has 0 bridgehead atoms. The van der Waals surface area contributed by atoms with Crippen LogP contribution in [0.5, 0.6) is 11.5 Å². The van der Waals surface area contributed by atoms with Crippen molar-refractivity contribution < 1.29 is 27.4 Å². The molecule has 0 saturated carbocycles. The predicted octanol–water partition coefficient (Wildman–Crippen LogP) is 2.23. The Kier molecular flexibility index (Phi) is 8.78. The molecule has 0 fully saturated rings. The highest BCUT2D eigenvalue weighted by Crippen LogP contribution is 2.28. The highest BCUT2D eigenvalue weighted by atomic mass is 35.5. The van der Waals surface area contributed by atoms with Gasteiger partial charge in [0.1, 0.15) is 0 Å². The van der Waals surface area contributed by atoms with Gasteiger partial charge in [-0.25, -0.2) is 0 Å². The normalized spacial score (nSPS) is 12.1. The van der Waals surface area contributed by atoms with Crippen LogP contribution in [-0.2, 0) is 4.79 Å². The third kappa shape index (κ3) is 7.43. The average molecular weight is 357 g/mol. The molecule has 0 aromatic heterocycles. The van der Waals surface area contributed by atoms with Crippen LogP contribution in [0.3, 0.4) is 0 Å². The highest BCUT2D eigenvalue weighted by molar-refractivity contribution is 5.85. The van der Waals surface area contributed by atoms with E-state index in [4.69, 9.17) is 10.5 Å². The number of hydrogen-bond donors (Lipinski definition) is 1. The molecule has 0 spiro atoms. The van der Waals surface area contributed by atoms with Gasteiger partial charge in [-0.3, -0.25) is 4.79 Å². The van der Waals surface area contributed by atoms with Crippen molar-refractivity contribution in [3.05, 3.63) is 24.3 Å². The minimum Gasteiger partial charge on any atom is -0.480 e. The topological polar surface area (TPSA) is 64.8 Å². The molecule has 0 aliphatic rings. The summed E-state index contributed by atoms with van der Waals surface area (Å²) in [4.78, 5) is 13.3. The Morgan fingerprint density at radius 1 is 1.26 bits per heavy atom. The van der Waals surface area contributed by atoms with E-state index in [1.54, 1.807) is 20.0 Å². The molecule has 0 aliphatic carbocycles. The average Bonchev–Trinajstić information content (AvgIpc) is 2.48. The molecule has 1 aromatic rings. The Bertz CT molecular complexity index is 500. The molecule has 2 N–H and O–H groups in total. The van der Waals surface area contributed by atoms with E-state index in [1.165, 1.54) is 23.1 Å². The first-order chi connectivity index (χ1) is 10.2. The van der Waals surface area contributed by atoms with Crippen LogP contribution < -0.4 is 15.2 Å². The van der Waals surface area contributed by atoms with Gasteiger partial charge in [-0.15, -0.1) is 12.4 Å². The zero-order chi connectivity index (χ0) is 16.8. The number of halogens is 4. The lowest BCUT2D eigenvalue weighted by Crippen LogP contribution is -2.42. The lowest BCUT2D eigenvalue weighted by Gasteiger charge is -2.23. The maximum Gasteiger partial charge on any atom is 0.422 e. The van der Waals surface area contributed by atoms with E-state index in [0.717, 1.165) is 0 Å². The third-order valence-corrected chi connectivity index (χ3v) is 2.99. The zero-order valence-electron chi connectivity index (χ0n) is 12.8. The molecule has 1 amide bonds. The molecule has 1 unspecified atom stereocenters. The molecule has 1 rings (SSSR count). The van der Waals surface area contributed by atoms with Crippen LogP contribution in [0.1, 0.15) is 6.92 Å². The van der Waals surface area contributed by atoms with Gasteiger partial charge in [-0.2, -0.15) is 13.2 Å². The molecule has 0 saturated heterocycles. The summed E-state index contributed by atoms with van der Waals surface area (Å²) in [5.41, 5.74) is 5.46. The van der Waals surface area contributed by atoms with Crippen molar-refractivity contribution >= 4 is 18.3 Å². The fraction of sp³-hybridized carbons (Fsp3) is 0.500. The second-order valence-electron chi connectivity index (χ2n) is 4.73. The molecule has 23 heavy (non-hydrogen) atoms. The number of nitrogens with zero attached hydrogens (tertiary/aromatic N) is 1. The zero-order valence-corrected chi connectivity index (χ0v) is 13.6. The van der Waals surface area contributed by atoms with Gasteiger partial charge in [-0.1, -0.05) is 12.1 Å². The van der Waals surface area contributed by atoms with Crippen LogP contribution >= 0.6 is 12.4 Å². The molecule has 0 radical (unpaired) electrons. The monoisotopic (exact) mass is 356 g/mol. The Morgan fingerprint density at radius 3 is 2.26 bits per heavy atom. The molecule has 0 heterocycles. The molecule has 0 aliphatic heterocycles. The highest BCUT2D eigenvalue weighted by Gasteiger charge is 2.29. The summed E-state index contributed by atoms with van der Waals surface area (Å²) in [7, 11) is 1.58. The van der Waals surface area contributed by atoms with E-state index in [1.807, 2.05) is 0 Å². The van der Waals surface area contributed by atoms with Gasteiger partial charge < -0.3 is 20.1 Å². The molecule has 1 atom stereocenters. The molecule has 5 nitrogen and oxygen atoms in total. The number of likely N-dealkylation sites (N-methyl/N-ethyl adjacent to an activating group) is 1. The minimum atomic E-state index is -4.44. The van der Waals surface area contributed by atoms with Crippen molar-refractivity contribution in [2.45, 2.75) is 19.1 Å². The largest absolute Gasteiger partial charge is 0.480 e. The number of carbonyl (C=O) groups excluding carboxylic acids is 1. The van der Waals surface area contributed by atoms with Crippen molar-refractivity contribution in [2.24, 2.45) is 5.73 Å². The fourth-order valence-electron chi connectivity index (χ4n) is 1.49. The first-order valence-electron chi connectivity index (χ1n) is 6.61. The predicted molar refractivity (Wildman–Crippen MR) is 82.0 cm³/mol. The number of benzene rings is 1. The lowest BCUT2D eigenvalue weighted by molar-refractivity contribution is -0.153. The Balaban J connectivity index is 0.00000484. The van der Waals surface area contributed by atoms with Crippen LogP contribution in [0.2, 0.25) is 0 Å². The Hall–Kier alpha value is -1.67. The number of ether oxygens (including phenoxy) is 2. The summed E-state index contributed by atoms with van der Waals surface area (Å²) in [6.45, 7) is 0.338. The van der Waals surface area contributed by atoms with Gasteiger partial charge >= 0.3 is 6.18 Å². The van der Waals surface area contributed by atoms with Gasteiger partial charge in [0.05, 0.1) is 0 Å². The maximum absolute atomic E-state index is 12.2. The fourth-order valence-corrected chi connectivity index (χ4v) is 1.49. The summed E-state index contributed by atoms with van der Waals surface area (Å²) in [6, 6.07) is 5.71. The smallest absolute Gasteiger partial charge is 0.422 e. The second-order valence-corrected chi connectivity index (χ2v) is 4.73. The van der Waals surface area contributed by atoms with Crippen molar-refractivity contribution in [3.8, 4) is 11.5 Å². The van der Waals surface area contributed by atoms with Crippen molar-refractivity contribution in [1.82, 2.24) is 4.90 Å². The first-order valence-corrected chi connectivity index (χ1v) is 6.61. The summed E-state index contributed by atoms with van der Waals surface area (Å²) in [6.07, 6.45) is -4.44. The number of nitrogens with two attached hydrogens (primary N) is 1. The van der Waals surface area contributed by atoms with Crippen LogP contribution in [0.25, 0.3) is 0 Å². The molecular weight excluding hydrogens is 337 g/mol. The molecular formula is C14H20ClF3N2O3. The molecule has 132 valence electrons. The number of rotatable bonds is 7. The van der Waals surface area contributed by atoms with E-state index >= 15 is 0 Å². The number of alkyl halides is 3. The summed E-state index contributed by atoms with van der Waals surface area (Å²) in [5, 5.41) is 0. The van der Waals surface area contributed by atoms with Gasteiger partial charge in [0.25, 0.3) is 5.91 Å². The standard InChI is InChI=1S/C14H19F3N2O3.ClH/c1-10(7-18)19(2)13(20)8-21-11-5-3-4-6-12(11)22-9-14(15,16)17;/h3-6,10H,7-9,18H2,1-2H3;1H. The van der Waals surface area contributed by atoms with Gasteiger partial charge in [0.2, 0.25) is 0 Å². The third-order valence-electron chi connectivity index (χ3n) is 2.99. The first kappa shape index (κ1) is 21.3. The van der Waals surface area contributed by atoms with Gasteiger partial charge in [0, 0.05) is 19.6 Å². The summed E-state index contributed by atoms with van der Waals surface area (Å²) >= 11 is 0. The number of carbonyl (C=O) groups is 1. The SMILES string of the molecule is CC(CN)N(C)C(=O)COc1ccccc1OCC(F)(F)F.Cl. The lowest BCUT2D eigenvalue weighted by atomic mass is 10.3. The number of para-hydroxylation sites is 2. The van der Waals surface area contributed by atoms with Crippen LogP contribution in [0.15, 0.2) is 24.3 Å². The van der Waals surface area contributed by atoms with Crippen LogP contribution in [0, 0.1) is 0 Å². The molecule has 1 aromatic carbocycles. The van der Waals surface area contributed by atoms with Gasteiger partial charge in [-0.05, 0) is 19.1 Å². The number of amides is 1. The van der Waals surface area contributed by atoms with E-state index in [9.17, 15) is 18.0 Å². The summed E-state index contributed by atoms with van der Waals surface area (Å²) < 4.78 is 46.5. The van der Waals surface area contributed by atoms with E-state index in [2.05, 4.69) is 4.74 Å². The van der Waals surface area contributed by atoms with Gasteiger partial charge in [0.15, 0.2) is 24.7 Å². The van der Waals surface area contributed by atoms with Crippen LogP contribution in [-0.4, -0.2) is 49.8 Å².